The molecule has 1 aliphatic heterocycles. The Bertz CT molecular complexity index is 1120. The summed E-state index contributed by atoms with van der Waals surface area (Å²) in [4.78, 5) is 30.6. The Labute approximate surface area is 233 Å². The van der Waals surface area contributed by atoms with Gasteiger partial charge in [0.05, 0.1) is 23.2 Å². The van der Waals surface area contributed by atoms with E-state index in [1.54, 1.807) is 0 Å². The molecule has 1 aromatic rings. The van der Waals surface area contributed by atoms with Gasteiger partial charge in [-0.1, -0.05) is 64.6 Å². The van der Waals surface area contributed by atoms with Gasteiger partial charge in [0, 0.05) is 25.0 Å². The predicted octanol–water partition coefficient (Wildman–Crippen LogP) is 3.57. The van der Waals surface area contributed by atoms with E-state index in [1.807, 2.05) is 30.3 Å². The lowest BCUT2D eigenvalue weighted by Crippen LogP contribution is -2.65. The maximum Gasteiger partial charge on any atom is 0.481 e. The third-order valence-electron chi connectivity index (χ3n) is 8.95. The van der Waals surface area contributed by atoms with E-state index in [4.69, 9.17) is 15.0 Å². The number of carbonyl (C=O) groups is 2. The predicted molar refractivity (Wildman–Crippen MR) is 155 cm³/mol. The van der Waals surface area contributed by atoms with Crippen LogP contribution >= 0.6 is 0 Å². The second-order valence-corrected chi connectivity index (χ2v) is 12.4. The molecule has 2 bridgehead atoms. The molecule has 1 heterocycles. The normalized spacial score (nSPS) is 28.7. The van der Waals surface area contributed by atoms with E-state index in [2.05, 4.69) is 56.8 Å². The number of rotatable bonds is 11. The summed E-state index contributed by atoms with van der Waals surface area (Å²) in [5.74, 6) is 0.257. The van der Waals surface area contributed by atoms with E-state index in [-0.39, 0.29) is 34.5 Å². The number of hydrogen-bond donors (Lipinski definition) is 3. The average Bonchev–Trinajstić information content (AvgIpc) is 3.25. The SMILES string of the molecule is C=C(/C=N\C=C/N)C(=O)N[C@@H](Cc1ccccc1)C(=O)N[C@@H](CC(C)C)B1O[C@@H]2C[C@@H]3C[C@@H](C3(C)C)[C@]2(C)O1. The molecular formula is C30H43BN4O4. The Balaban J connectivity index is 1.51. The molecule has 4 N–H and O–H groups in total. The van der Waals surface area contributed by atoms with Crippen molar-refractivity contribution in [2.45, 2.75) is 84.0 Å². The summed E-state index contributed by atoms with van der Waals surface area (Å²) in [5.41, 5.74) is 6.22. The van der Waals surface area contributed by atoms with Crippen LogP contribution in [0, 0.1) is 23.2 Å². The summed E-state index contributed by atoms with van der Waals surface area (Å²) < 4.78 is 13.2. The van der Waals surface area contributed by atoms with Crippen LogP contribution in [0.3, 0.4) is 0 Å². The van der Waals surface area contributed by atoms with Crippen molar-refractivity contribution in [3.05, 3.63) is 60.4 Å². The molecule has 39 heavy (non-hydrogen) atoms. The van der Waals surface area contributed by atoms with E-state index in [0.29, 0.717) is 30.6 Å². The molecule has 2 amide bonds. The first-order valence-corrected chi connectivity index (χ1v) is 14.0. The molecule has 8 nitrogen and oxygen atoms in total. The van der Waals surface area contributed by atoms with Gasteiger partial charge in [0.1, 0.15) is 6.04 Å². The van der Waals surface area contributed by atoms with Gasteiger partial charge in [0.25, 0.3) is 5.91 Å². The summed E-state index contributed by atoms with van der Waals surface area (Å²) in [6.45, 7) is 14.9. The van der Waals surface area contributed by atoms with E-state index in [9.17, 15) is 9.59 Å². The lowest BCUT2D eigenvalue weighted by molar-refractivity contribution is -0.199. The highest BCUT2D eigenvalue weighted by Crippen LogP contribution is 2.65. The number of carbonyl (C=O) groups excluding carboxylic acids is 2. The van der Waals surface area contributed by atoms with Crippen LogP contribution in [0.25, 0.3) is 0 Å². The summed E-state index contributed by atoms with van der Waals surface area (Å²) >= 11 is 0. The third-order valence-corrected chi connectivity index (χ3v) is 8.95. The van der Waals surface area contributed by atoms with Gasteiger partial charge in [0.2, 0.25) is 5.91 Å². The van der Waals surface area contributed by atoms with E-state index in [1.165, 1.54) is 18.6 Å². The van der Waals surface area contributed by atoms with Crippen molar-refractivity contribution in [3.8, 4) is 0 Å². The maximum absolute atomic E-state index is 13.8. The molecule has 1 saturated heterocycles. The molecular weight excluding hydrogens is 491 g/mol. The van der Waals surface area contributed by atoms with Crippen LogP contribution in [0.5, 0.6) is 0 Å². The van der Waals surface area contributed by atoms with Crippen LogP contribution in [0.2, 0.25) is 0 Å². The van der Waals surface area contributed by atoms with Crippen LogP contribution in [0.1, 0.15) is 59.4 Å². The zero-order chi connectivity index (χ0) is 28.4. The summed E-state index contributed by atoms with van der Waals surface area (Å²) in [7, 11) is -0.542. The number of aliphatic imine (C=N–C) groups is 1. The number of benzene rings is 1. The van der Waals surface area contributed by atoms with Crippen molar-refractivity contribution in [2.75, 3.05) is 0 Å². The molecule has 4 fully saturated rings. The molecule has 0 spiro atoms. The number of nitrogens with one attached hydrogen (secondary N) is 2. The number of nitrogens with zero attached hydrogens (tertiary/aromatic N) is 1. The van der Waals surface area contributed by atoms with Crippen molar-refractivity contribution in [3.63, 3.8) is 0 Å². The fourth-order valence-corrected chi connectivity index (χ4v) is 6.65. The Morgan fingerprint density at radius 3 is 2.56 bits per heavy atom. The number of amides is 2. The molecule has 210 valence electrons. The van der Waals surface area contributed by atoms with Crippen LogP contribution < -0.4 is 16.4 Å². The van der Waals surface area contributed by atoms with Crippen molar-refractivity contribution in [1.82, 2.24) is 10.6 Å². The van der Waals surface area contributed by atoms with Crippen molar-refractivity contribution in [2.24, 2.45) is 33.9 Å². The van der Waals surface area contributed by atoms with Crippen molar-refractivity contribution in [1.29, 1.82) is 0 Å². The number of nitrogens with two attached hydrogens (primary N) is 1. The molecule has 0 radical (unpaired) electrons. The fraction of sp³-hybridized carbons (Fsp3) is 0.567. The van der Waals surface area contributed by atoms with Gasteiger partial charge in [-0.2, -0.15) is 0 Å². The molecule has 5 rings (SSSR count). The zero-order valence-electron chi connectivity index (χ0n) is 23.9. The summed E-state index contributed by atoms with van der Waals surface area (Å²) in [6.07, 6.45) is 7.11. The monoisotopic (exact) mass is 534 g/mol. The summed E-state index contributed by atoms with van der Waals surface area (Å²) in [5, 5.41) is 6.03. The van der Waals surface area contributed by atoms with Gasteiger partial charge in [0.15, 0.2) is 0 Å². The molecule has 9 heteroatoms. The van der Waals surface area contributed by atoms with Crippen molar-refractivity contribution >= 4 is 25.1 Å². The Morgan fingerprint density at radius 2 is 1.92 bits per heavy atom. The smallest absolute Gasteiger partial charge is 0.404 e. The Morgan fingerprint density at radius 1 is 1.21 bits per heavy atom. The lowest BCUT2D eigenvalue weighted by atomic mass is 9.43. The third kappa shape index (κ3) is 6.14. The zero-order valence-corrected chi connectivity index (χ0v) is 23.9. The van der Waals surface area contributed by atoms with Gasteiger partial charge in [-0.05, 0) is 54.9 Å². The molecule has 3 aliphatic carbocycles. The Kier molecular flexibility index (Phi) is 8.71. The second kappa shape index (κ2) is 11.7. The van der Waals surface area contributed by atoms with Gasteiger partial charge < -0.3 is 25.7 Å². The topological polar surface area (TPSA) is 115 Å². The molecule has 0 unspecified atom stereocenters. The minimum Gasteiger partial charge on any atom is -0.404 e. The first-order chi connectivity index (χ1) is 18.5. The largest absolute Gasteiger partial charge is 0.481 e. The van der Waals surface area contributed by atoms with Crippen LogP contribution in [0.4, 0.5) is 0 Å². The fourth-order valence-electron chi connectivity index (χ4n) is 6.65. The van der Waals surface area contributed by atoms with E-state index < -0.39 is 19.1 Å². The minimum absolute atomic E-state index is 0.0239. The molecule has 0 aromatic heterocycles. The standard InChI is InChI=1S/C30H43BN4O4/c1-19(2)14-26(31-38-25-17-22-16-24(29(22,4)5)30(25,6)39-31)35-28(37)23(15-21-10-8-7-9-11-21)34-27(36)20(3)18-33-13-12-32/h7-13,18-19,22-26H,3,14-17,32H2,1-2,4-6H3,(H,34,36)(H,35,37)/b13-12-,33-18-/t22-,23-,24-,25+,26-,30-/m0/s1. The van der Waals surface area contributed by atoms with Crippen LogP contribution in [-0.2, 0) is 25.3 Å². The average molecular weight is 535 g/mol. The van der Waals surface area contributed by atoms with Gasteiger partial charge in [-0.3, -0.25) is 14.6 Å². The van der Waals surface area contributed by atoms with E-state index >= 15 is 0 Å². The first kappa shape index (κ1) is 29.1. The number of hydrogen-bond acceptors (Lipinski definition) is 6. The van der Waals surface area contributed by atoms with E-state index in [0.717, 1.165) is 18.4 Å². The van der Waals surface area contributed by atoms with Crippen molar-refractivity contribution < 1.29 is 18.9 Å². The highest BCUT2D eigenvalue weighted by molar-refractivity contribution is 6.48. The van der Waals surface area contributed by atoms with Gasteiger partial charge in [-0.25, -0.2) is 0 Å². The Hall–Kier alpha value is -2.91. The highest BCUT2D eigenvalue weighted by Gasteiger charge is 2.68. The molecule has 6 atom stereocenters. The second-order valence-electron chi connectivity index (χ2n) is 12.4. The molecule has 4 aliphatic rings. The molecule has 1 aromatic carbocycles. The van der Waals surface area contributed by atoms with Gasteiger partial charge >= 0.3 is 7.12 Å². The minimum atomic E-state index is -0.823. The van der Waals surface area contributed by atoms with Crippen LogP contribution in [0.15, 0.2) is 59.9 Å². The lowest BCUT2D eigenvalue weighted by Gasteiger charge is -2.64. The maximum atomic E-state index is 13.8. The van der Waals surface area contributed by atoms with Gasteiger partial charge in [-0.15, -0.1) is 0 Å². The first-order valence-electron chi connectivity index (χ1n) is 14.0. The quantitative estimate of drug-likeness (QED) is 0.228. The summed E-state index contributed by atoms with van der Waals surface area (Å²) in [6, 6.07) is 8.78. The van der Waals surface area contributed by atoms with Crippen LogP contribution in [-0.4, -0.2) is 48.8 Å². The highest BCUT2D eigenvalue weighted by atomic mass is 16.7. The molecule has 3 saturated carbocycles.